The number of esters is 2. The van der Waals surface area contributed by atoms with Gasteiger partial charge >= 0.3 is 17.6 Å². The second kappa shape index (κ2) is 8.16. The van der Waals surface area contributed by atoms with Crippen LogP contribution < -0.4 is 5.69 Å². The molecule has 8 heteroatoms. The smallest absolute Gasteiger partial charge is 0.355 e. The molecule has 0 saturated heterocycles. The number of benzene rings is 1. The Morgan fingerprint density at radius 2 is 1.82 bits per heavy atom. The van der Waals surface area contributed by atoms with Crippen LogP contribution in [0.5, 0.6) is 0 Å². The lowest BCUT2D eigenvalue weighted by molar-refractivity contribution is 0.0494. The molecule has 28 heavy (non-hydrogen) atoms. The second-order valence-electron chi connectivity index (χ2n) is 6.43. The first-order valence-corrected chi connectivity index (χ1v) is 9.15. The van der Waals surface area contributed by atoms with Crippen molar-refractivity contribution >= 4 is 23.0 Å². The predicted molar refractivity (Wildman–Crippen MR) is 104 cm³/mol. The molecule has 0 spiro atoms. The molecule has 8 nitrogen and oxygen atoms in total. The van der Waals surface area contributed by atoms with Gasteiger partial charge in [0.15, 0.2) is 0 Å². The summed E-state index contributed by atoms with van der Waals surface area (Å²) in [7, 11) is 0. The summed E-state index contributed by atoms with van der Waals surface area (Å²) < 4.78 is 12.0. The van der Waals surface area contributed by atoms with E-state index in [1.165, 1.54) is 0 Å². The molecule has 2 N–H and O–H groups in total. The van der Waals surface area contributed by atoms with Gasteiger partial charge < -0.3 is 19.4 Å². The highest BCUT2D eigenvalue weighted by molar-refractivity contribution is 5.98. The topological polar surface area (TPSA) is 106 Å². The van der Waals surface area contributed by atoms with Crippen molar-refractivity contribution in [2.45, 2.75) is 33.7 Å². The van der Waals surface area contributed by atoms with Crippen LogP contribution in [-0.4, -0.2) is 39.7 Å². The molecule has 0 bridgehead atoms. The van der Waals surface area contributed by atoms with Gasteiger partial charge in [0, 0.05) is 12.2 Å². The monoisotopic (exact) mass is 385 g/mol. The van der Waals surface area contributed by atoms with Crippen LogP contribution in [0.4, 0.5) is 0 Å². The van der Waals surface area contributed by atoms with Gasteiger partial charge in [0.2, 0.25) is 0 Å². The van der Waals surface area contributed by atoms with E-state index in [4.69, 9.17) is 9.47 Å². The summed E-state index contributed by atoms with van der Waals surface area (Å²) in [4.78, 5) is 42.1. The highest BCUT2D eigenvalue weighted by Crippen LogP contribution is 2.20. The SMILES string of the molecule is CCOC(=O)c1[nH]c(C)c(C(=O)OCCCn2c(=O)[nH]c3ccccc32)c1C. The highest BCUT2D eigenvalue weighted by atomic mass is 16.5. The molecule has 0 unspecified atom stereocenters. The van der Waals surface area contributed by atoms with Crippen molar-refractivity contribution < 1.29 is 19.1 Å². The van der Waals surface area contributed by atoms with Gasteiger partial charge in [0.1, 0.15) is 5.69 Å². The molecule has 148 valence electrons. The molecule has 3 aromatic rings. The zero-order valence-electron chi connectivity index (χ0n) is 16.1. The molecule has 0 aliphatic rings. The number of aryl methyl sites for hydroxylation is 2. The zero-order chi connectivity index (χ0) is 20.3. The van der Waals surface area contributed by atoms with Gasteiger partial charge in [0.25, 0.3) is 0 Å². The molecule has 0 aliphatic heterocycles. The van der Waals surface area contributed by atoms with Gasteiger partial charge in [-0.2, -0.15) is 0 Å². The predicted octanol–water partition coefficient (Wildman–Crippen LogP) is 2.70. The van der Waals surface area contributed by atoms with Crippen molar-refractivity contribution in [3.63, 3.8) is 0 Å². The number of fused-ring (bicyclic) bond motifs is 1. The van der Waals surface area contributed by atoms with E-state index in [2.05, 4.69) is 9.97 Å². The maximum absolute atomic E-state index is 12.5. The summed E-state index contributed by atoms with van der Waals surface area (Å²) in [6, 6.07) is 7.43. The van der Waals surface area contributed by atoms with E-state index in [0.717, 1.165) is 11.0 Å². The van der Waals surface area contributed by atoms with Crippen LogP contribution in [0.15, 0.2) is 29.1 Å². The van der Waals surface area contributed by atoms with Crippen LogP contribution in [0, 0.1) is 13.8 Å². The number of para-hydroxylation sites is 2. The van der Waals surface area contributed by atoms with E-state index in [-0.39, 0.29) is 24.6 Å². The number of hydrogen-bond acceptors (Lipinski definition) is 5. The molecule has 0 amide bonds. The third kappa shape index (κ3) is 3.71. The highest BCUT2D eigenvalue weighted by Gasteiger charge is 2.23. The summed E-state index contributed by atoms with van der Waals surface area (Å²) in [5.74, 6) is -1.01. The molecule has 0 fully saturated rings. The Morgan fingerprint density at radius 3 is 2.57 bits per heavy atom. The van der Waals surface area contributed by atoms with Crippen LogP contribution in [0.3, 0.4) is 0 Å². The molecular weight excluding hydrogens is 362 g/mol. The van der Waals surface area contributed by atoms with Crippen molar-refractivity contribution in [1.29, 1.82) is 0 Å². The number of nitrogens with zero attached hydrogens (tertiary/aromatic N) is 1. The van der Waals surface area contributed by atoms with Crippen molar-refractivity contribution in [1.82, 2.24) is 14.5 Å². The Balaban J connectivity index is 1.63. The lowest BCUT2D eigenvalue weighted by atomic mass is 10.1. The van der Waals surface area contributed by atoms with Crippen LogP contribution in [0.25, 0.3) is 11.0 Å². The van der Waals surface area contributed by atoms with Gasteiger partial charge in [-0.3, -0.25) is 4.57 Å². The zero-order valence-corrected chi connectivity index (χ0v) is 16.1. The van der Waals surface area contributed by atoms with Crippen LogP contribution >= 0.6 is 0 Å². The molecule has 0 saturated carbocycles. The Morgan fingerprint density at radius 1 is 1.07 bits per heavy atom. The molecule has 0 radical (unpaired) electrons. The molecule has 0 aliphatic carbocycles. The van der Waals surface area contributed by atoms with Crippen LogP contribution in [-0.2, 0) is 16.0 Å². The number of carbonyl (C=O) groups is 2. The number of nitrogens with one attached hydrogen (secondary N) is 2. The van der Waals surface area contributed by atoms with Crippen molar-refractivity contribution in [3.8, 4) is 0 Å². The number of aromatic amines is 2. The average molecular weight is 385 g/mol. The maximum Gasteiger partial charge on any atom is 0.355 e. The standard InChI is InChI=1S/C20H23N3O5/c1-4-27-19(25)17-12(2)16(13(3)21-17)18(24)28-11-7-10-23-15-9-6-5-8-14(15)22-20(23)26/h5-6,8-9,21H,4,7,10-11H2,1-3H3,(H,22,26). The average Bonchev–Trinajstić information content (AvgIpc) is 3.14. The van der Waals surface area contributed by atoms with Crippen molar-refractivity contribution in [2.24, 2.45) is 0 Å². The van der Waals surface area contributed by atoms with E-state index in [1.54, 1.807) is 25.3 Å². The number of aromatic nitrogens is 3. The van der Waals surface area contributed by atoms with Gasteiger partial charge in [-0.05, 0) is 44.9 Å². The fourth-order valence-corrected chi connectivity index (χ4v) is 3.25. The number of rotatable bonds is 7. The summed E-state index contributed by atoms with van der Waals surface area (Å²) in [6.45, 7) is 5.94. The Bertz CT molecular complexity index is 1070. The van der Waals surface area contributed by atoms with Gasteiger partial charge in [-0.25, -0.2) is 14.4 Å². The first-order chi connectivity index (χ1) is 13.4. The molecule has 0 atom stereocenters. The molecule has 3 rings (SSSR count). The number of carbonyl (C=O) groups excluding carboxylic acids is 2. The normalized spacial score (nSPS) is 11.0. The van der Waals surface area contributed by atoms with Crippen LogP contribution in [0.2, 0.25) is 0 Å². The summed E-state index contributed by atoms with van der Waals surface area (Å²) >= 11 is 0. The summed E-state index contributed by atoms with van der Waals surface area (Å²) in [6.07, 6.45) is 0.487. The number of hydrogen-bond donors (Lipinski definition) is 2. The number of ether oxygens (including phenoxy) is 2. The van der Waals surface area contributed by atoms with Gasteiger partial charge in [-0.1, -0.05) is 12.1 Å². The van der Waals surface area contributed by atoms with E-state index < -0.39 is 11.9 Å². The summed E-state index contributed by atoms with van der Waals surface area (Å²) in [5.41, 5.74) is 3.06. The van der Waals surface area contributed by atoms with E-state index in [0.29, 0.717) is 29.8 Å². The number of H-pyrrole nitrogens is 2. The Labute approximate surface area is 161 Å². The number of imidazole rings is 1. The molecule has 2 aromatic heterocycles. The lowest BCUT2D eigenvalue weighted by Crippen LogP contribution is -2.18. The summed E-state index contributed by atoms with van der Waals surface area (Å²) in [5, 5.41) is 0. The minimum Gasteiger partial charge on any atom is -0.462 e. The van der Waals surface area contributed by atoms with Crippen LogP contribution in [0.1, 0.15) is 45.4 Å². The van der Waals surface area contributed by atoms with E-state index in [1.807, 2.05) is 24.3 Å². The quantitative estimate of drug-likeness (QED) is 0.480. The Kier molecular flexibility index (Phi) is 5.67. The fraction of sp³-hybridized carbons (Fsp3) is 0.350. The maximum atomic E-state index is 12.5. The minimum atomic E-state index is -0.506. The Hall–Kier alpha value is -3.29. The third-order valence-electron chi connectivity index (χ3n) is 4.56. The lowest BCUT2D eigenvalue weighted by Gasteiger charge is -2.07. The largest absolute Gasteiger partial charge is 0.462 e. The first kappa shape index (κ1) is 19.5. The second-order valence-corrected chi connectivity index (χ2v) is 6.43. The molecular formula is C20H23N3O5. The minimum absolute atomic E-state index is 0.156. The van der Waals surface area contributed by atoms with Crippen molar-refractivity contribution in [2.75, 3.05) is 13.2 Å². The first-order valence-electron chi connectivity index (χ1n) is 9.15. The van der Waals surface area contributed by atoms with E-state index >= 15 is 0 Å². The fourth-order valence-electron chi connectivity index (χ4n) is 3.25. The van der Waals surface area contributed by atoms with Crippen molar-refractivity contribution in [3.05, 3.63) is 57.3 Å². The molecule has 1 aromatic carbocycles. The third-order valence-corrected chi connectivity index (χ3v) is 4.56. The van der Waals surface area contributed by atoms with Gasteiger partial charge in [-0.15, -0.1) is 0 Å². The van der Waals surface area contributed by atoms with Gasteiger partial charge in [0.05, 0.1) is 29.8 Å². The van der Waals surface area contributed by atoms with E-state index in [9.17, 15) is 14.4 Å². The molecule has 2 heterocycles.